The number of carbonyl (C=O) groups is 2. The van der Waals surface area contributed by atoms with E-state index in [1.807, 2.05) is 18.5 Å². The van der Waals surface area contributed by atoms with Crippen molar-refractivity contribution in [2.75, 3.05) is 5.32 Å². The summed E-state index contributed by atoms with van der Waals surface area (Å²) in [4.78, 5) is 24.4. The minimum Gasteiger partial charge on any atom is -0.326 e. The molecule has 0 saturated heterocycles. The van der Waals surface area contributed by atoms with Gasteiger partial charge in [-0.25, -0.2) is 4.68 Å². The molecular formula is C19H25N5O2S. The zero-order valence-electron chi connectivity index (χ0n) is 15.7. The number of hydrogen-bond acceptors (Lipinski definition) is 6. The van der Waals surface area contributed by atoms with Crippen molar-refractivity contribution in [1.29, 1.82) is 0 Å². The number of Topliss-reactive ketones (excluding diaryl/α,β-unsaturated/α-hetero) is 1. The lowest BCUT2D eigenvalue weighted by molar-refractivity contribution is -0.116. The molecule has 1 aliphatic carbocycles. The smallest absolute Gasteiger partial charge is 0.224 e. The number of anilines is 1. The molecule has 3 rings (SSSR count). The fourth-order valence-electron chi connectivity index (χ4n) is 3.26. The van der Waals surface area contributed by atoms with Gasteiger partial charge in [0.05, 0.1) is 11.3 Å². The molecule has 0 bridgehead atoms. The molecule has 1 atom stereocenters. The maximum atomic E-state index is 12.8. The van der Waals surface area contributed by atoms with Crippen molar-refractivity contribution >= 4 is 29.1 Å². The fourth-order valence-corrected chi connectivity index (χ4v) is 4.19. The highest BCUT2D eigenvalue weighted by Gasteiger charge is 2.25. The highest BCUT2D eigenvalue weighted by atomic mass is 32.2. The van der Waals surface area contributed by atoms with Crippen LogP contribution in [0.15, 0.2) is 29.4 Å². The Morgan fingerprint density at radius 3 is 2.63 bits per heavy atom. The lowest BCUT2D eigenvalue weighted by Gasteiger charge is -2.14. The molecule has 2 aromatic rings. The minimum absolute atomic E-state index is 0.0146. The third-order valence-electron chi connectivity index (χ3n) is 4.71. The summed E-state index contributed by atoms with van der Waals surface area (Å²) in [5, 5.41) is 15.3. The van der Waals surface area contributed by atoms with E-state index < -0.39 is 0 Å². The first-order valence-corrected chi connectivity index (χ1v) is 10.3. The highest BCUT2D eigenvalue weighted by Crippen LogP contribution is 2.33. The maximum Gasteiger partial charge on any atom is 0.224 e. The highest BCUT2D eigenvalue weighted by molar-refractivity contribution is 8.00. The van der Waals surface area contributed by atoms with Gasteiger partial charge in [-0.15, -0.1) is 5.10 Å². The molecular weight excluding hydrogens is 362 g/mol. The average molecular weight is 388 g/mol. The van der Waals surface area contributed by atoms with Crippen molar-refractivity contribution in [3.05, 3.63) is 29.8 Å². The van der Waals surface area contributed by atoms with Crippen LogP contribution in [0.1, 0.15) is 68.8 Å². The quantitative estimate of drug-likeness (QED) is 0.546. The van der Waals surface area contributed by atoms with E-state index in [1.165, 1.54) is 24.6 Å². The number of ketones is 1. The number of hydrogen-bond donors (Lipinski definition) is 1. The Morgan fingerprint density at radius 1 is 1.26 bits per heavy atom. The van der Waals surface area contributed by atoms with Crippen LogP contribution in [0, 0.1) is 0 Å². The molecule has 1 fully saturated rings. The summed E-state index contributed by atoms with van der Waals surface area (Å²) in [5.41, 5.74) is 1.32. The van der Waals surface area contributed by atoms with Gasteiger partial charge in [0.15, 0.2) is 5.78 Å². The second-order valence-electron chi connectivity index (χ2n) is 6.84. The molecule has 1 aromatic heterocycles. The van der Waals surface area contributed by atoms with Crippen LogP contribution in [0.5, 0.6) is 0 Å². The number of carbonyl (C=O) groups excluding carboxylic acids is 2. The first kappa shape index (κ1) is 19.5. The number of amides is 1. The molecule has 7 nitrogen and oxygen atoms in total. The van der Waals surface area contributed by atoms with Crippen molar-refractivity contribution in [3.63, 3.8) is 0 Å². The number of thioether (sulfide) groups is 1. The second kappa shape index (κ2) is 9.12. The molecule has 8 heteroatoms. The van der Waals surface area contributed by atoms with Crippen LogP contribution in [0.2, 0.25) is 0 Å². The first-order valence-electron chi connectivity index (χ1n) is 9.47. The summed E-state index contributed by atoms with van der Waals surface area (Å²) in [6.45, 7) is 3.83. The number of rotatable bonds is 8. The number of aromatic nitrogens is 4. The Hall–Kier alpha value is -2.22. The molecule has 1 aliphatic rings. The summed E-state index contributed by atoms with van der Waals surface area (Å²) < 4.78 is 1.87. The maximum absolute atomic E-state index is 12.8. The Labute approximate surface area is 163 Å². The van der Waals surface area contributed by atoms with E-state index in [2.05, 4.69) is 20.8 Å². The third-order valence-corrected chi connectivity index (χ3v) is 5.76. The molecule has 1 amide bonds. The number of nitrogens with zero attached hydrogens (tertiary/aromatic N) is 4. The summed E-state index contributed by atoms with van der Waals surface area (Å²) >= 11 is 1.40. The van der Waals surface area contributed by atoms with Crippen molar-refractivity contribution < 1.29 is 9.59 Å². The van der Waals surface area contributed by atoms with Crippen LogP contribution >= 0.6 is 11.8 Å². The van der Waals surface area contributed by atoms with Gasteiger partial charge in [0.25, 0.3) is 0 Å². The van der Waals surface area contributed by atoms with Gasteiger partial charge in [0, 0.05) is 17.7 Å². The molecule has 1 unspecified atom stereocenters. The van der Waals surface area contributed by atoms with Gasteiger partial charge in [-0.2, -0.15) is 0 Å². The molecule has 1 heterocycles. The van der Waals surface area contributed by atoms with Crippen LogP contribution in [0.4, 0.5) is 5.69 Å². The van der Waals surface area contributed by atoms with E-state index in [1.54, 1.807) is 24.3 Å². The SMILES string of the molecule is CCCC(=O)Nc1ccc(C(=O)C(C)Sc2nnnn2C2CCCC2)cc1. The molecule has 27 heavy (non-hydrogen) atoms. The van der Waals surface area contributed by atoms with Gasteiger partial charge in [0.2, 0.25) is 11.1 Å². The lowest BCUT2D eigenvalue weighted by atomic mass is 10.1. The molecule has 1 aromatic carbocycles. The fraction of sp³-hybridized carbons (Fsp3) is 0.526. The molecule has 0 spiro atoms. The minimum atomic E-state index is -0.295. The largest absolute Gasteiger partial charge is 0.326 e. The summed E-state index contributed by atoms with van der Waals surface area (Å²) in [5.74, 6) is 0.00616. The van der Waals surface area contributed by atoms with E-state index in [-0.39, 0.29) is 16.9 Å². The van der Waals surface area contributed by atoms with Gasteiger partial charge in [0.1, 0.15) is 0 Å². The van der Waals surface area contributed by atoms with Crippen molar-refractivity contribution in [2.24, 2.45) is 0 Å². The van der Waals surface area contributed by atoms with Gasteiger partial charge in [-0.3, -0.25) is 9.59 Å². The second-order valence-corrected chi connectivity index (χ2v) is 8.15. The van der Waals surface area contributed by atoms with Crippen molar-refractivity contribution in [1.82, 2.24) is 20.2 Å². The van der Waals surface area contributed by atoms with E-state index in [4.69, 9.17) is 0 Å². The number of tetrazole rings is 1. The summed E-state index contributed by atoms with van der Waals surface area (Å²) in [6, 6.07) is 7.37. The van der Waals surface area contributed by atoms with Gasteiger partial charge in [-0.1, -0.05) is 31.5 Å². The van der Waals surface area contributed by atoms with E-state index in [9.17, 15) is 9.59 Å². The number of benzene rings is 1. The molecule has 0 aliphatic heterocycles. The van der Waals surface area contributed by atoms with Crippen molar-refractivity contribution in [2.45, 2.75) is 68.8 Å². The summed E-state index contributed by atoms with van der Waals surface area (Å²) in [7, 11) is 0. The normalized spacial score (nSPS) is 15.6. The zero-order valence-corrected chi connectivity index (χ0v) is 16.5. The number of nitrogens with one attached hydrogen (secondary N) is 1. The van der Waals surface area contributed by atoms with Gasteiger partial charge in [-0.05, 0) is 60.9 Å². The topological polar surface area (TPSA) is 89.8 Å². The monoisotopic (exact) mass is 387 g/mol. The standard InChI is InChI=1S/C19H25N5O2S/c1-3-6-17(25)20-15-11-9-14(10-12-15)18(26)13(2)27-19-21-22-23-24(19)16-7-4-5-8-16/h9-13,16H,3-8H2,1-2H3,(H,20,25). The lowest BCUT2D eigenvalue weighted by Crippen LogP contribution is -2.16. The van der Waals surface area contributed by atoms with Gasteiger partial charge < -0.3 is 5.32 Å². The van der Waals surface area contributed by atoms with Crippen LogP contribution in [0.3, 0.4) is 0 Å². The summed E-state index contributed by atoms with van der Waals surface area (Å²) in [6.07, 6.45) is 5.87. The molecule has 144 valence electrons. The van der Waals surface area contributed by atoms with E-state index in [0.717, 1.165) is 19.3 Å². The van der Waals surface area contributed by atoms with Crippen molar-refractivity contribution in [3.8, 4) is 0 Å². The molecule has 1 saturated carbocycles. The Kier molecular flexibility index (Phi) is 6.60. The molecule has 1 N–H and O–H groups in total. The van der Waals surface area contributed by atoms with Crippen LogP contribution in [-0.2, 0) is 4.79 Å². The Morgan fingerprint density at radius 2 is 1.96 bits per heavy atom. The van der Waals surface area contributed by atoms with Crippen LogP contribution < -0.4 is 5.32 Å². The predicted molar refractivity (Wildman–Crippen MR) is 105 cm³/mol. The first-order chi connectivity index (χ1) is 13.1. The van der Waals surface area contributed by atoms with Crippen LogP contribution in [0.25, 0.3) is 0 Å². The zero-order chi connectivity index (χ0) is 19.2. The van der Waals surface area contributed by atoms with E-state index in [0.29, 0.717) is 28.9 Å². The average Bonchev–Trinajstić information content (AvgIpc) is 3.33. The van der Waals surface area contributed by atoms with Crippen LogP contribution in [-0.4, -0.2) is 37.1 Å². The Bertz CT molecular complexity index is 784. The Balaban J connectivity index is 1.62. The molecule has 0 radical (unpaired) electrons. The van der Waals surface area contributed by atoms with E-state index >= 15 is 0 Å². The third kappa shape index (κ3) is 4.94. The predicted octanol–water partition coefficient (Wildman–Crippen LogP) is 3.89. The van der Waals surface area contributed by atoms with Gasteiger partial charge >= 0.3 is 0 Å².